The minimum absolute atomic E-state index is 0.113. The maximum Gasteiger partial charge on any atom is 0.216 e. The van der Waals surface area contributed by atoms with Gasteiger partial charge in [0.15, 0.2) is 0 Å². The van der Waals surface area contributed by atoms with Crippen LogP contribution in [0.25, 0.3) is 10.9 Å². The molecule has 0 spiro atoms. The van der Waals surface area contributed by atoms with Crippen LogP contribution in [-0.2, 0) is 6.54 Å². The van der Waals surface area contributed by atoms with Gasteiger partial charge in [0.05, 0.1) is 25.5 Å². The Kier molecular flexibility index (Phi) is 5.04. The Morgan fingerprint density at radius 2 is 1.72 bits per heavy atom. The summed E-state index contributed by atoms with van der Waals surface area (Å²) in [7, 11) is 3.09. The van der Waals surface area contributed by atoms with Gasteiger partial charge in [0.2, 0.25) is 11.7 Å². The number of nitrogens with zero attached hydrogens (tertiary/aromatic N) is 2. The van der Waals surface area contributed by atoms with Crippen LogP contribution >= 0.6 is 0 Å². The number of ketones is 1. The quantitative estimate of drug-likeness (QED) is 0.453. The van der Waals surface area contributed by atoms with E-state index in [9.17, 15) is 4.79 Å². The fourth-order valence-electron chi connectivity index (χ4n) is 3.63. The van der Waals surface area contributed by atoms with Crippen molar-refractivity contribution in [3.8, 4) is 11.6 Å². The molecule has 5 heteroatoms. The minimum Gasteiger partial charge on any atom is -0.496 e. The first kappa shape index (κ1) is 18.7. The van der Waals surface area contributed by atoms with E-state index in [0.29, 0.717) is 35.0 Å². The summed E-state index contributed by atoms with van der Waals surface area (Å²) < 4.78 is 12.8. The highest BCUT2D eigenvalue weighted by Gasteiger charge is 2.23. The van der Waals surface area contributed by atoms with Gasteiger partial charge in [-0.1, -0.05) is 48.5 Å². The molecule has 0 fully saturated rings. The van der Waals surface area contributed by atoms with Gasteiger partial charge in [-0.25, -0.2) is 4.98 Å². The Labute approximate surface area is 169 Å². The third-order valence-electron chi connectivity index (χ3n) is 5.03. The highest BCUT2D eigenvalue weighted by atomic mass is 16.5. The number of pyridine rings is 1. The minimum atomic E-state index is -0.113. The lowest BCUT2D eigenvalue weighted by Crippen LogP contribution is -2.08. The van der Waals surface area contributed by atoms with Gasteiger partial charge in [-0.05, 0) is 18.6 Å². The van der Waals surface area contributed by atoms with E-state index in [1.165, 1.54) is 5.56 Å². The van der Waals surface area contributed by atoms with Crippen LogP contribution in [0.4, 0.5) is 0 Å². The molecule has 5 nitrogen and oxygen atoms in total. The molecule has 0 radical (unpaired) electrons. The number of para-hydroxylation sites is 1. The SMILES string of the molecule is COc1cc(OC)c(C(=O)c2cn(Cc3ccccc3)c3ccccc23)c(C)n1. The number of hydrogen-bond acceptors (Lipinski definition) is 4. The van der Waals surface area contributed by atoms with Gasteiger partial charge < -0.3 is 14.0 Å². The lowest BCUT2D eigenvalue weighted by Gasteiger charge is -2.11. The second-order valence-corrected chi connectivity index (χ2v) is 6.83. The van der Waals surface area contributed by atoms with Crippen molar-refractivity contribution in [3.05, 3.63) is 89.2 Å². The molecule has 0 aliphatic carbocycles. The summed E-state index contributed by atoms with van der Waals surface area (Å²) >= 11 is 0. The average molecular weight is 386 g/mol. The number of aromatic nitrogens is 2. The van der Waals surface area contributed by atoms with Crippen LogP contribution in [0, 0.1) is 6.92 Å². The number of rotatable bonds is 6. The Morgan fingerprint density at radius 1 is 1.00 bits per heavy atom. The lowest BCUT2D eigenvalue weighted by atomic mass is 10.0. The highest BCUT2D eigenvalue weighted by molar-refractivity contribution is 6.18. The third kappa shape index (κ3) is 3.47. The van der Waals surface area contributed by atoms with Crippen LogP contribution in [0.15, 0.2) is 66.9 Å². The molecule has 0 amide bonds. The topological polar surface area (TPSA) is 53.4 Å². The largest absolute Gasteiger partial charge is 0.496 e. The molecule has 0 aliphatic heterocycles. The Morgan fingerprint density at radius 3 is 2.45 bits per heavy atom. The first-order chi connectivity index (χ1) is 14.1. The molecular formula is C24H22N2O3. The summed E-state index contributed by atoms with van der Waals surface area (Å²) in [4.78, 5) is 17.9. The van der Waals surface area contributed by atoms with E-state index in [0.717, 1.165) is 10.9 Å². The predicted molar refractivity (Wildman–Crippen MR) is 113 cm³/mol. The molecule has 2 heterocycles. The van der Waals surface area contributed by atoms with Crippen LogP contribution in [-0.4, -0.2) is 29.6 Å². The molecule has 29 heavy (non-hydrogen) atoms. The number of fused-ring (bicyclic) bond motifs is 1. The molecular weight excluding hydrogens is 364 g/mol. The smallest absolute Gasteiger partial charge is 0.216 e. The summed E-state index contributed by atoms with van der Waals surface area (Å²) in [5.41, 5.74) is 3.84. The first-order valence-electron chi connectivity index (χ1n) is 9.38. The molecule has 4 rings (SSSR count). The molecule has 0 atom stereocenters. The molecule has 4 aromatic rings. The molecule has 2 aromatic carbocycles. The van der Waals surface area contributed by atoms with Crippen LogP contribution in [0.5, 0.6) is 11.6 Å². The summed E-state index contributed by atoms with van der Waals surface area (Å²) in [5, 5.41) is 0.908. The van der Waals surface area contributed by atoms with Crippen molar-refractivity contribution < 1.29 is 14.3 Å². The summed E-state index contributed by atoms with van der Waals surface area (Å²) in [6, 6.07) is 19.8. The van der Waals surface area contributed by atoms with E-state index in [4.69, 9.17) is 9.47 Å². The van der Waals surface area contributed by atoms with Crippen LogP contribution in [0.2, 0.25) is 0 Å². The fourth-order valence-corrected chi connectivity index (χ4v) is 3.63. The van der Waals surface area contributed by atoms with Crippen molar-refractivity contribution in [1.29, 1.82) is 0 Å². The molecule has 0 aliphatic rings. The van der Waals surface area contributed by atoms with Gasteiger partial charge in [0.25, 0.3) is 0 Å². The number of hydrogen-bond donors (Lipinski definition) is 0. The number of carbonyl (C=O) groups excluding carboxylic acids is 1. The van der Waals surface area contributed by atoms with Gasteiger partial charge in [0.1, 0.15) is 5.75 Å². The second-order valence-electron chi connectivity index (χ2n) is 6.83. The summed E-state index contributed by atoms with van der Waals surface area (Å²) in [6.45, 7) is 2.48. The van der Waals surface area contributed by atoms with Crippen LogP contribution in [0.1, 0.15) is 27.2 Å². The number of methoxy groups -OCH3 is 2. The third-order valence-corrected chi connectivity index (χ3v) is 5.03. The van der Waals surface area contributed by atoms with Crippen LogP contribution < -0.4 is 9.47 Å². The Bertz CT molecular complexity index is 1180. The summed E-state index contributed by atoms with van der Waals surface area (Å²) in [5.74, 6) is 0.763. The van der Waals surface area contributed by atoms with E-state index in [1.54, 1.807) is 27.2 Å². The van der Waals surface area contributed by atoms with Crippen molar-refractivity contribution in [2.24, 2.45) is 0 Å². The van der Waals surface area contributed by atoms with E-state index in [-0.39, 0.29) is 5.78 Å². The molecule has 2 aromatic heterocycles. The molecule has 0 saturated carbocycles. The van der Waals surface area contributed by atoms with Crippen molar-refractivity contribution in [3.63, 3.8) is 0 Å². The maximum absolute atomic E-state index is 13.6. The van der Waals surface area contributed by atoms with Gasteiger partial charge >= 0.3 is 0 Å². The molecule has 146 valence electrons. The van der Waals surface area contributed by atoms with Crippen molar-refractivity contribution in [1.82, 2.24) is 9.55 Å². The molecule has 0 saturated heterocycles. The van der Waals surface area contributed by atoms with E-state index in [2.05, 4.69) is 21.7 Å². The monoisotopic (exact) mass is 386 g/mol. The zero-order chi connectivity index (χ0) is 20.4. The van der Waals surface area contributed by atoms with E-state index >= 15 is 0 Å². The molecule has 0 unspecified atom stereocenters. The highest BCUT2D eigenvalue weighted by Crippen LogP contribution is 2.31. The first-order valence-corrected chi connectivity index (χ1v) is 9.38. The van der Waals surface area contributed by atoms with Gasteiger partial charge in [-0.2, -0.15) is 0 Å². The average Bonchev–Trinajstić information content (AvgIpc) is 3.12. The molecule has 0 bridgehead atoms. The second kappa shape index (κ2) is 7.80. The zero-order valence-electron chi connectivity index (χ0n) is 16.7. The zero-order valence-corrected chi connectivity index (χ0v) is 16.7. The lowest BCUT2D eigenvalue weighted by molar-refractivity contribution is 0.103. The maximum atomic E-state index is 13.6. The van der Waals surface area contributed by atoms with Gasteiger partial charge in [-0.15, -0.1) is 0 Å². The van der Waals surface area contributed by atoms with Crippen LogP contribution in [0.3, 0.4) is 0 Å². The number of carbonyl (C=O) groups is 1. The summed E-state index contributed by atoms with van der Waals surface area (Å²) in [6.07, 6.45) is 1.92. The normalized spacial score (nSPS) is 10.9. The predicted octanol–water partition coefficient (Wildman–Crippen LogP) is 4.64. The van der Waals surface area contributed by atoms with Crippen molar-refractivity contribution >= 4 is 16.7 Å². The van der Waals surface area contributed by atoms with Gasteiger partial charge in [-0.3, -0.25) is 4.79 Å². The Hall–Kier alpha value is -3.60. The number of ether oxygens (including phenoxy) is 2. The van der Waals surface area contributed by atoms with Crippen molar-refractivity contribution in [2.45, 2.75) is 13.5 Å². The van der Waals surface area contributed by atoms with E-state index < -0.39 is 0 Å². The standard InChI is InChI=1S/C24H22N2O3/c1-16-23(21(28-2)13-22(25-16)29-3)24(27)19-15-26(14-17-9-5-4-6-10-17)20-12-8-7-11-18(19)20/h4-13,15H,14H2,1-3H3. The molecule has 0 N–H and O–H groups in total. The Balaban J connectivity index is 1.84. The fraction of sp³-hybridized carbons (Fsp3) is 0.167. The van der Waals surface area contributed by atoms with Gasteiger partial charge in [0, 0.05) is 35.3 Å². The van der Waals surface area contributed by atoms with Crippen molar-refractivity contribution in [2.75, 3.05) is 14.2 Å². The number of aryl methyl sites for hydroxylation is 1. The number of benzene rings is 2. The van der Waals surface area contributed by atoms with E-state index in [1.807, 2.05) is 48.7 Å².